The maximum atomic E-state index is 9.56. The van der Waals surface area contributed by atoms with Crippen LogP contribution in [-0.2, 0) is 5.75 Å². The molecule has 18 heavy (non-hydrogen) atoms. The molecule has 0 saturated carbocycles. The van der Waals surface area contributed by atoms with Crippen molar-refractivity contribution in [3.63, 3.8) is 0 Å². The molecule has 2 nitrogen and oxygen atoms in total. The first-order valence-corrected chi connectivity index (χ1v) is 6.96. The summed E-state index contributed by atoms with van der Waals surface area (Å²) in [6.07, 6.45) is 1.41. The number of rotatable bonds is 4. The molecule has 0 spiro atoms. The van der Waals surface area contributed by atoms with Gasteiger partial charge in [-0.1, -0.05) is 18.2 Å². The Morgan fingerprint density at radius 2 is 2.11 bits per heavy atom. The summed E-state index contributed by atoms with van der Waals surface area (Å²) in [6.45, 7) is 3.86. The summed E-state index contributed by atoms with van der Waals surface area (Å²) in [4.78, 5) is 5.55. The molecule has 0 fully saturated rings. The minimum Gasteiger partial charge on any atom is -0.389 e. The predicted octanol–water partition coefficient (Wildman–Crippen LogP) is 3.74. The highest BCUT2D eigenvalue weighted by atomic mass is 32.2. The number of aryl methyl sites for hydroxylation is 1. The fourth-order valence-electron chi connectivity index (χ4n) is 1.69. The summed E-state index contributed by atoms with van der Waals surface area (Å²) in [7, 11) is 0. The fraction of sp³-hybridized carbons (Fsp3) is 0.267. The SMILES string of the molecule is Cc1cccnc1CSc1cccc(C(C)O)c1. The molecular weight excluding hydrogens is 242 g/mol. The molecule has 1 N–H and O–H groups in total. The van der Waals surface area contributed by atoms with Gasteiger partial charge in [-0.2, -0.15) is 0 Å². The van der Waals surface area contributed by atoms with Crippen LogP contribution in [0.4, 0.5) is 0 Å². The number of hydrogen-bond donors (Lipinski definition) is 1. The average molecular weight is 259 g/mol. The fourth-order valence-corrected chi connectivity index (χ4v) is 2.69. The average Bonchev–Trinajstić information content (AvgIpc) is 2.38. The van der Waals surface area contributed by atoms with Crippen LogP contribution in [0.25, 0.3) is 0 Å². The maximum Gasteiger partial charge on any atom is 0.0762 e. The zero-order valence-electron chi connectivity index (χ0n) is 10.6. The first-order valence-electron chi connectivity index (χ1n) is 5.98. The highest BCUT2D eigenvalue weighted by Gasteiger charge is 2.04. The Kier molecular flexibility index (Phi) is 4.39. The molecule has 94 valence electrons. The van der Waals surface area contributed by atoms with Crippen LogP contribution in [0.2, 0.25) is 0 Å². The molecule has 1 aromatic carbocycles. The number of benzene rings is 1. The van der Waals surface area contributed by atoms with E-state index in [1.807, 2.05) is 30.5 Å². The van der Waals surface area contributed by atoms with Crippen LogP contribution in [0.5, 0.6) is 0 Å². The van der Waals surface area contributed by atoms with Crippen LogP contribution in [-0.4, -0.2) is 10.1 Å². The Morgan fingerprint density at radius 3 is 2.83 bits per heavy atom. The molecule has 1 atom stereocenters. The van der Waals surface area contributed by atoms with Gasteiger partial charge < -0.3 is 5.11 Å². The zero-order valence-corrected chi connectivity index (χ0v) is 11.4. The second-order valence-corrected chi connectivity index (χ2v) is 5.35. The quantitative estimate of drug-likeness (QED) is 0.849. The van der Waals surface area contributed by atoms with Crippen molar-refractivity contribution in [2.75, 3.05) is 0 Å². The molecular formula is C15H17NOS. The standard InChI is InChI=1S/C15H17NOS/c1-11-5-4-8-16-15(11)10-18-14-7-3-6-13(9-14)12(2)17/h3-9,12,17H,10H2,1-2H3. The molecule has 0 saturated heterocycles. The van der Waals surface area contributed by atoms with Crippen molar-refractivity contribution in [1.82, 2.24) is 4.98 Å². The van der Waals surface area contributed by atoms with Crippen molar-refractivity contribution in [3.8, 4) is 0 Å². The van der Waals surface area contributed by atoms with E-state index >= 15 is 0 Å². The minimum absolute atomic E-state index is 0.415. The molecule has 1 aromatic heterocycles. The second-order valence-electron chi connectivity index (χ2n) is 4.30. The molecule has 0 bridgehead atoms. The van der Waals surface area contributed by atoms with Crippen molar-refractivity contribution in [2.24, 2.45) is 0 Å². The van der Waals surface area contributed by atoms with Gasteiger partial charge in [0.05, 0.1) is 11.8 Å². The van der Waals surface area contributed by atoms with Crippen LogP contribution in [0.1, 0.15) is 29.8 Å². The summed E-state index contributed by atoms with van der Waals surface area (Å²) >= 11 is 1.75. The molecule has 0 radical (unpaired) electrons. The van der Waals surface area contributed by atoms with Gasteiger partial charge in [0.2, 0.25) is 0 Å². The third-order valence-corrected chi connectivity index (χ3v) is 3.84. The number of aliphatic hydroxyl groups excluding tert-OH is 1. The Hall–Kier alpha value is -1.32. The Balaban J connectivity index is 2.07. The number of thioether (sulfide) groups is 1. The second kappa shape index (κ2) is 6.03. The topological polar surface area (TPSA) is 33.1 Å². The lowest BCUT2D eigenvalue weighted by atomic mass is 10.1. The van der Waals surface area contributed by atoms with E-state index < -0.39 is 6.10 Å². The van der Waals surface area contributed by atoms with Gasteiger partial charge in [0, 0.05) is 16.8 Å². The van der Waals surface area contributed by atoms with Crippen LogP contribution < -0.4 is 0 Å². The lowest BCUT2D eigenvalue weighted by Crippen LogP contribution is -1.92. The van der Waals surface area contributed by atoms with Crippen molar-refractivity contribution in [2.45, 2.75) is 30.6 Å². The summed E-state index contributed by atoms with van der Waals surface area (Å²) in [5.41, 5.74) is 3.29. The summed E-state index contributed by atoms with van der Waals surface area (Å²) in [6, 6.07) is 12.1. The molecule has 2 aromatic rings. The van der Waals surface area contributed by atoms with E-state index in [1.165, 1.54) is 10.5 Å². The largest absolute Gasteiger partial charge is 0.389 e. The van der Waals surface area contributed by atoms with Crippen LogP contribution in [0.15, 0.2) is 47.5 Å². The molecule has 0 aliphatic carbocycles. The van der Waals surface area contributed by atoms with Crippen LogP contribution in [0.3, 0.4) is 0 Å². The van der Waals surface area contributed by atoms with Crippen molar-refractivity contribution in [3.05, 3.63) is 59.4 Å². The van der Waals surface area contributed by atoms with E-state index in [1.54, 1.807) is 18.7 Å². The highest BCUT2D eigenvalue weighted by molar-refractivity contribution is 7.98. The van der Waals surface area contributed by atoms with Gasteiger partial charge in [0.25, 0.3) is 0 Å². The predicted molar refractivity (Wildman–Crippen MR) is 75.6 cm³/mol. The number of aliphatic hydroxyl groups is 1. The van der Waals surface area contributed by atoms with Crippen molar-refractivity contribution in [1.29, 1.82) is 0 Å². The first-order chi connectivity index (χ1) is 8.66. The van der Waals surface area contributed by atoms with Crippen molar-refractivity contribution >= 4 is 11.8 Å². The molecule has 2 rings (SSSR count). The summed E-state index contributed by atoms with van der Waals surface area (Å²) in [5.74, 6) is 0.857. The molecule has 1 unspecified atom stereocenters. The number of hydrogen-bond acceptors (Lipinski definition) is 3. The normalized spacial score (nSPS) is 12.4. The van der Waals surface area contributed by atoms with E-state index in [0.29, 0.717) is 0 Å². The molecule has 0 aliphatic rings. The van der Waals surface area contributed by atoms with Crippen LogP contribution in [0, 0.1) is 6.92 Å². The Bertz CT molecular complexity index is 525. The molecule has 0 amide bonds. The highest BCUT2D eigenvalue weighted by Crippen LogP contribution is 2.25. The lowest BCUT2D eigenvalue weighted by molar-refractivity contribution is 0.199. The van der Waals surface area contributed by atoms with E-state index in [0.717, 1.165) is 17.0 Å². The summed E-state index contributed by atoms with van der Waals surface area (Å²) in [5, 5.41) is 9.56. The molecule has 3 heteroatoms. The van der Waals surface area contributed by atoms with Crippen molar-refractivity contribution < 1.29 is 5.11 Å². The first kappa shape index (κ1) is 13.1. The lowest BCUT2D eigenvalue weighted by Gasteiger charge is -2.08. The smallest absolute Gasteiger partial charge is 0.0762 e. The van der Waals surface area contributed by atoms with Gasteiger partial charge in [0.1, 0.15) is 0 Å². The summed E-state index contributed by atoms with van der Waals surface area (Å²) < 4.78 is 0. The third-order valence-electron chi connectivity index (χ3n) is 2.83. The monoisotopic (exact) mass is 259 g/mol. The maximum absolute atomic E-state index is 9.56. The molecule has 0 aliphatic heterocycles. The van der Waals surface area contributed by atoms with E-state index in [-0.39, 0.29) is 0 Å². The van der Waals surface area contributed by atoms with E-state index in [4.69, 9.17) is 0 Å². The molecule has 1 heterocycles. The Morgan fingerprint density at radius 1 is 1.28 bits per heavy atom. The van der Waals surface area contributed by atoms with E-state index in [2.05, 4.69) is 24.0 Å². The van der Waals surface area contributed by atoms with Gasteiger partial charge >= 0.3 is 0 Å². The van der Waals surface area contributed by atoms with E-state index in [9.17, 15) is 5.11 Å². The zero-order chi connectivity index (χ0) is 13.0. The Labute approximate surface area is 112 Å². The van der Waals surface area contributed by atoms with Gasteiger partial charge in [-0.05, 0) is 43.2 Å². The number of aromatic nitrogens is 1. The van der Waals surface area contributed by atoms with Gasteiger partial charge in [0.15, 0.2) is 0 Å². The number of nitrogens with zero attached hydrogens (tertiary/aromatic N) is 1. The number of pyridine rings is 1. The third kappa shape index (κ3) is 3.34. The van der Waals surface area contributed by atoms with Gasteiger partial charge in [-0.3, -0.25) is 4.98 Å². The van der Waals surface area contributed by atoms with Gasteiger partial charge in [-0.15, -0.1) is 11.8 Å². The van der Waals surface area contributed by atoms with Crippen LogP contribution >= 0.6 is 11.8 Å². The van der Waals surface area contributed by atoms with Gasteiger partial charge in [-0.25, -0.2) is 0 Å². The minimum atomic E-state index is -0.415.